The number of esters is 1. The smallest absolute Gasteiger partial charge is 0.361 e. The highest BCUT2D eigenvalue weighted by molar-refractivity contribution is 5.92. The summed E-state index contributed by atoms with van der Waals surface area (Å²) in [7, 11) is 0. The average Bonchev–Trinajstić information content (AvgIpc) is 2.79. The molecule has 0 atom stereocenters. The summed E-state index contributed by atoms with van der Waals surface area (Å²) in [5.41, 5.74) is 6.33. The van der Waals surface area contributed by atoms with E-state index in [0.717, 1.165) is 12.8 Å². The number of aromatic nitrogens is 2. The van der Waals surface area contributed by atoms with Crippen LogP contribution in [0.1, 0.15) is 62.9 Å². The van der Waals surface area contributed by atoms with E-state index < -0.39 is 5.97 Å². The van der Waals surface area contributed by atoms with Gasteiger partial charge in [-0.25, -0.2) is 4.79 Å². The Labute approximate surface area is 115 Å². The zero-order chi connectivity index (χ0) is 14.1. The van der Waals surface area contributed by atoms with Gasteiger partial charge in [0.25, 0.3) is 0 Å². The van der Waals surface area contributed by atoms with Gasteiger partial charge in [-0.3, -0.25) is 4.68 Å². The molecule has 0 saturated heterocycles. The van der Waals surface area contributed by atoms with Crippen LogP contribution in [0.3, 0.4) is 0 Å². The minimum absolute atomic E-state index is 0.229. The van der Waals surface area contributed by atoms with E-state index in [0.29, 0.717) is 18.8 Å². The van der Waals surface area contributed by atoms with Crippen LogP contribution < -0.4 is 5.73 Å². The molecule has 1 aromatic heterocycles. The molecule has 2 N–H and O–H groups in total. The Kier molecular flexibility index (Phi) is 7.00. The molecule has 0 aliphatic carbocycles. The van der Waals surface area contributed by atoms with Crippen molar-refractivity contribution >= 4 is 11.7 Å². The Morgan fingerprint density at radius 2 is 1.95 bits per heavy atom. The summed E-state index contributed by atoms with van der Waals surface area (Å²) in [6.45, 7) is 5.28. The van der Waals surface area contributed by atoms with E-state index in [4.69, 9.17) is 10.5 Å². The van der Waals surface area contributed by atoms with Gasteiger partial charge in [-0.1, -0.05) is 39.0 Å². The molecule has 0 amide bonds. The van der Waals surface area contributed by atoms with Crippen molar-refractivity contribution in [2.24, 2.45) is 0 Å². The van der Waals surface area contributed by atoms with Gasteiger partial charge in [-0.2, -0.15) is 5.10 Å². The van der Waals surface area contributed by atoms with Gasteiger partial charge < -0.3 is 10.5 Å². The Hall–Kier alpha value is -1.52. The van der Waals surface area contributed by atoms with Crippen molar-refractivity contribution in [3.8, 4) is 0 Å². The van der Waals surface area contributed by atoms with Gasteiger partial charge in [-0.15, -0.1) is 0 Å². The maximum absolute atomic E-state index is 11.8. The largest absolute Gasteiger partial charge is 0.461 e. The summed E-state index contributed by atoms with van der Waals surface area (Å²) in [5, 5.41) is 4.08. The highest BCUT2D eigenvalue weighted by Gasteiger charge is 2.15. The van der Waals surface area contributed by atoms with Gasteiger partial charge >= 0.3 is 5.97 Å². The molecule has 0 radical (unpaired) electrons. The number of rotatable bonds is 9. The van der Waals surface area contributed by atoms with Crippen LogP contribution in [0.5, 0.6) is 0 Å². The predicted molar refractivity (Wildman–Crippen MR) is 76.0 cm³/mol. The molecule has 0 spiro atoms. The molecule has 0 saturated carbocycles. The van der Waals surface area contributed by atoms with Crippen molar-refractivity contribution in [1.29, 1.82) is 0 Å². The fraction of sp³-hybridized carbons (Fsp3) is 0.714. The van der Waals surface area contributed by atoms with Crippen LogP contribution in [-0.4, -0.2) is 22.4 Å². The molecule has 108 valence electrons. The summed E-state index contributed by atoms with van der Waals surface area (Å²) < 4.78 is 6.81. The third-order valence-corrected chi connectivity index (χ3v) is 3.04. The molecular formula is C14H25N3O2. The summed E-state index contributed by atoms with van der Waals surface area (Å²) in [5.74, 6) is -0.418. The molecule has 1 heterocycles. The molecule has 0 unspecified atom stereocenters. The first-order chi connectivity index (χ1) is 9.19. The van der Waals surface area contributed by atoms with E-state index in [1.165, 1.54) is 25.7 Å². The van der Waals surface area contributed by atoms with Crippen LogP contribution in [0, 0.1) is 0 Å². The maximum Gasteiger partial charge on any atom is 0.361 e. The number of nitrogen functional groups attached to an aromatic ring is 1. The summed E-state index contributed by atoms with van der Waals surface area (Å²) >= 11 is 0. The minimum atomic E-state index is -0.418. The highest BCUT2D eigenvalue weighted by atomic mass is 16.5. The zero-order valence-corrected chi connectivity index (χ0v) is 12.0. The number of carbonyl (C=O) groups excluding carboxylic acids is 1. The van der Waals surface area contributed by atoms with E-state index in [1.54, 1.807) is 10.9 Å². The average molecular weight is 267 g/mol. The molecular weight excluding hydrogens is 242 g/mol. The lowest BCUT2D eigenvalue weighted by atomic mass is 10.1. The molecule has 0 aliphatic rings. The lowest BCUT2D eigenvalue weighted by Crippen LogP contribution is -2.10. The number of nitrogens with two attached hydrogens (primary N) is 1. The Morgan fingerprint density at radius 3 is 2.58 bits per heavy atom. The van der Waals surface area contributed by atoms with Gasteiger partial charge in [0.2, 0.25) is 0 Å². The molecule has 1 rings (SSSR count). The standard InChI is InChI=1S/C14H25N3O2/c1-3-5-6-7-8-9-10-19-14(18)13-12(15)11-17(4-2)16-13/h11H,3-10,15H2,1-2H3. The number of aryl methyl sites for hydroxylation is 1. The molecule has 5 heteroatoms. The van der Waals surface area contributed by atoms with Crippen LogP contribution in [0.4, 0.5) is 5.69 Å². The van der Waals surface area contributed by atoms with Crippen LogP contribution in [0.15, 0.2) is 6.20 Å². The number of nitrogens with zero attached hydrogens (tertiary/aromatic N) is 2. The van der Waals surface area contributed by atoms with Gasteiger partial charge in [0.15, 0.2) is 5.69 Å². The fourth-order valence-electron chi connectivity index (χ4n) is 1.87. The van der Waals surface area contributed by atoms with Crippen LogP contribution in [0.2, 0.25) is 0 Å². The molecule has 0 aliphatic heterocycles. The minimum Gasteiger partial charge on any atom is -0.461 e. The first-order valence-electron chi connectivity index (χ1n) is 7.19. The topological polar surface area (TPSA) is 70.1 Å². The van der Waals surface area contributed by atoms with Crippen LogP contribution in [0.25, 0.3) is 0 Å². The normalized spacial score (nSPS) is 10.6. The molecule has 0 fully saturated rings. The monoisotopic (exact) mass is 267 g/mol. The van der Waals surface area contributed by atoms with Crippen molar-refractivity contribution in [3.63, 3.8) is 0 Å². The third-order valence-electron chi connectivity index (χ3n) is 3.04. The second-order valence-electron chi connectivity index (χ2n) is 4.69. The summed E-state index contributed by atoms with van der Waals surface area (Å²) in [6, 6.07) is 0. The number of anilines is 1. The molecule has 19 heavy (non-hydrogen) atoms. The van der Waals surface area contributed by atoms with Crippen LogP contribution in [-0.2, 0) is 11.3 Å². The number of unbranched alkanes of at least 4 members (excludes halogenated alkanes) is 5. The molecule has 0 bridgehead atoms. The fourth-order valence-corrected chi connectivity index (χ4v) is 1.87. The lowest BCUT2D eigenvalue weighted by Gasteiger charge is -2.03. The van der Waals surface area contributed by atoms with E-state index >= 15 is 0 Å². The lowest BCUT2D eigenvalue weighted by molar-refractivity contribution is 0.0491. The van der Waals surface area contributed by atoms with Crippen LogP contribution >= 0.6 is 0 Å². The third kappa shape index (κ3) is 5.32. The molecule has 0 aromatic carbocycles. The van der Waals surface area contributed by atoms with Gasteiger partial charge in [0.05, 0.1) is 12.3 Å². The van der Waals surface area contributed by atoms with E-state index in [9.17, 15) is 4.79 Å². The Balaban J connectivity index is 2.22. The Morgan fingerprint density at radius 1 is 1.26 bits per heavy atom. The maximum atomic E-state index is 11.8. The Bertz CT molecular complexity index is 388. The SMILES string of the molecule is CCCCCCCCOC(=O)c1nn(CC)cc1N. The highest BCUT2D eigenvalue weighted by Crippen LogP contribution is 2.11. The first kappa shape index (κ1) is 15.5. The number of ether oxygens (including phenoxy) is 1. The van der Waals surface area contributed by atoms with Gasteiger partial charge in [-0.05, 0) is 13.3 Å². The van der Waals surface area contributed by atoms with Gasteiger partial charge in [0.1, 0.15) is 0 Å². The second-order valence-corrected chi connectivity index (χ2v) is 4.69. The van der Waals surface area contributed by atoms with Crippen molar-refractivity contribution < 1.29 is 9.53 Å². The number of carbonyl (C=O) groups is 1. The second kappa shape index (κ2) is 8.56. The van der Waals surface area contributed by atoms with E-state index in [-0.39, 0.29) is 5.69 Å². The molecule has 5 nitrogen and oxygen atoms in total. The van der Waals surface area contributed by atoms with Crippen molar-refractivity contribution in [1.82, 2.24) is 9.78 Å². The van der Waals surface area contributed by atoms with E-state index in [1.807, 2.05) is 6.92 Å². The predicted octanol–water partition coefficient (Wildman–Crippen LogP) is 3.00. The molecule has 1 aromatic rings. The number of hydrogen-bond donors (Lipinski definition) is 1. The quantitative estimate of drug-likeness (QED) is 0.551. The summed E-state index contributed by atoms with van der Waals surface area (Å²) in [6.07, 6.45) is 8.66. The van der Waals surface area contributed by atoms with E-state index in [2.05, 4.69) is 12.0 Å². The van der Waals surface area contributed by atoms with Crippen molar-refractivity contribution in [2.75, 3.05) is 12.3 Å². The first-order valence-corrected chi connectivity index (χ1v) is 7.19. The van der Waals surface area contributed by atoms with Crippen molar-refractivity contribution in [3.05, 3.63) is 11.9 Å². The number of hydrogen-bond acceptors (Lipinski definition) is 4. The van der Waals surface area contributed by atoms with Gasteiger partial charge in [0, 0.05) is 12.7 Å². The van der Waals surface area contributed by atoms with Crippen molar-refractivity contribution in [2.45, 2.75) is 58.9 Å². The zero-order valence-electron chi connectivity index (χ0n) is 12.0. The summed E-state index contributed by atoms with van der Waals surface area (Å²) in [4.78, 5) is 11.8.